The lowest BCUT2D eigenvalue weighted by atomic mass is 10.2. The molecule has 1 aliphatic rings. The van der Waals surface area contributed by atoms with Crippen LogP contribution in [0.3, 0.4) is 0 Å². The van der Waals surface area contributed by atoms with E-state index in [1.165, 1.54) is 11.3 Å². The van der Waals surface area contributed by atoms with E-state index in [-0.39, 0.29) is 12.0 Å². The number of hydrogen-bond donors (Lipinski definition) is 1. The average Bonchev–Trinajstić information content (AvgIpc) is 3.34. The Kier molecular flexibility index (Phi) is 7.05. The molecule has 0 aliphatic carbocycles. The Morgan fingerprint density at radius 3 is 2.92 bits per heavy atom. The van der Waals surface area contributed by atoms with Gasteiger partial charge in [-0.05, 0) is 30.9 Å². The molecule has 1 aromatic carbocycles. The van der Waals surface area contributed by atoms with Crippen molar-refractivity contribution >= 4 is 17.2 Å². The highest BCUT2D eigenvalue weighted by Crippen LogP contribution is 2.36. The van der Waals surface area contributed by atoms with Gasteiger partial charge in [0.2, 0.25) is 0 Å². The van der Waals surface area contributed by atoms with Gasteiger partial charge in [0.15, 0.2) is 0 Å². The number of carbonyl (C=O) groups excluding carboxylic acids is 1. The maximum Gasteiger partial charge on any atom is 0.265 e. The molecule has 5 nitrogen and oxygen atoms in total. The highest BCUT2D eigenvalue weighted by molar-refractivity contribution is 7.17. The van der Waals surface area contributed by atoms with Gasteiger partial charge in [-0.15, -0.1) is 11.3 Å². The highest BCUT2D eigenvalue weighted by atomic mass is 32.1. The molecule has 1 aromatic heterocycles. The lowest BCUT2D eigenvalue weighted by molar-refractivity contribution is 0.0166. The molecule has 1 amide bonds. The summed E-state index contributed by atoms with van der Waals surface area (Å²) < 4.78 is 16.5. The molecule has 6 heteroatoms. The minimum absolute atomic E-state index is 0.104. The van der Waals surface area contributed by atoms with Crippen molar-refractivity contribution in [2.24, 2.45) is 0 Å². The molecule has 140 valence electrons. The summed E-state index contributed by atoms with van der Waals surface area (Å²) in [7, 11) is 1.59. The second-order valence-corrected chi connectivity index (χ2v) is 7.25. The fraction of sp³-hybridized carbons (Fsp3) is 0.450. The molecule has 0 saturated carbocycles. The van der Waals surface area contributed by atoms with Crippen molar-refractivity contribution in [1.29, 1.82) is 0 Å². The van der Waals surface area contributed by atoms with Crippen LogP contribution in [0.25, 0.3) is 10.4 Å². The summed E-state index contributed by atoms with van der Waals surface area (Å²) in [6.45, 7) is 2.69. The van der Waals surface area contributed by atoms with Crippen molar-refractivity contribution in [2.45, 2.75) is 25.4 Å². The number of methoxy groups -OCH3 is 1. The van der Waals surface area contributed by atoms with Crippen LogP contribution in [0.15, 0.2) is 36.4 Å². The van der Waals surface area contributed by atoms with E-state index < -0.39 is 0 Å². The van der Waals surface area contributed by atoms with E-state index in [9.17, 15) is 4.79 Å². The lowest BCUT2D eigenvalue weighted by Crippen LogP contribution is -2.25. The monoisotopic (exact) mass is 375 g/mol. The molecule has 1 saturated heterocycles. The third-order valence-corrected chi connectivity index (χ3v) is 5.43. The average molecular weight is 375 g/mol. The first-order valence-electron chi connectivity index (χ1n) is 8.98. The van der Waals surface area contributed by atoms with Crippen LogP contribution in [0.4, 0.5) is 0 Å². The number of benzene rings is 1. The van der Waals surface area contributed by atoms with Gasteiger partial charge in [0.25, 0.3) is 5.91 Å². The Hall–Kier alpha value is -1.89. The summed E-state index contributed by atoms with van der Waals surface area (Å²) in [6.07, 6.45) is 3.23. The second-order valence-electron chi connectivity index (χ2n) is 6.19. The SMILES string of the molecule is COc1cc(-c2ccccc2)sc1C(=O)NCCCOCC1CCCO1. The number of nitrogens with one attached hydrogen (secondary N) is 1. The molecule has 1 fully saturated rings. The summed E-state index contributed by atoms with van der Waals surface area (Å²) in [5.74, 6) is 0.508. The smallest absolute Gasteiger partial charge is 0.265 e. The van der Waals surface area contributed by atoms with Gasteiger partial charge in [-0.3, -0.25) is 4.79 Å². The molecule has 1 atom stereocenters. The van der Waals surface area contributed by atoms with Crippen LogP contribution in [0.1, 0.15) is 28.9 Å². The molecular weight excluding hydrogens is 350 g/mol. The minimum atomic E-state index is -0.104. The van der Waals surface area contributed by atoms with E-state index in [1.54, 1.807) is 7.11 Å². The van der Waals surface area contributed by atoms with E-state index in [4.69, 9.17) is 14.2 Å². The quantitative estimate of drug-likeness (QED) is 0.679. The minimum Gasteiger partial charge on any atom is -0.495 e. The van der Waals surface area contributed by atoms with Crippen LogP contribution < -0.4 is 10.1 Å². The number of ether oxygens (including phenoxy) is 3. The maximum absolute atomic E-state index is 12.5. The van der Waals surface area contributed by atoms with Crippen molar-refractivity contribution in [2.75, 3.05) is 33.5 Å². The van der Waals surface area contributed by atoms with Gasteiger partial charge in [0, 0.05) is 24.6 Å². The summed E-state index contributed by atoms with van der Waals surface area (Å²) in [6, 6.07) is 11.9. The van der Waals surface area contributed by atoms with Crippen LogP contribution in [0.2, 0.25) is 0 Å². The lowest BCUT2D eigenvalue weighted by Gasteiger charge is -2.10. The summed E-state index contributed by atoms with van der Waals surface area (Å²) in [5, 5.41) is 2.95. The molecule has 1 N–H and O–H groups in total. The van der Waals surface area contributed by atoms with Crippen LogP contribution in [-0.2, 0) is 9.47 Å². The van der Waals surface area contributed by atoms with Gasteiger partial charge in [-0.1, -0.05) is 30.3 Å². The van der Waals surface area contributed by atoms with Gasteiger partial charge in [-0.25, -0.2) is 0 Å². The van der Waals surface area contributed by atoms with E-state index in [0.717, 1.165) is 36.3 Å². The molecule has 1 unspecified atom stereocenters. The Bertz CT molecular complexity index is 695. The second kappa shape index (κ2) is 9.71. The number of rotatable bonds is 9. The van der Waals surface area contributed by atoms with E-state index in [1.807, 2.05) is 36.4 Å². The Labute approximate surface area is 158 Å². The molecule has 0 bridgehead atoms. The third kappa shape index (κ3) is 5.06. The van der Waals surface area contributed by atoms with Gasteiger partial charge in [0.1, 0.15) is 10.6 Å². The fourth-order valence-corrected chi connectivity index (χ4v) is 3.92. The zero-order valence-corrected chi connectivity index (χ0v) is 15.8. The van der Waals surface area contributed by atoms with Gasteiger partial charge < -0.3 is 19.5 Å². The fourth-order valence-electron chi connectivity index (χ4n) is 2.88. The Balaban J connectivity index is 1.45. The van der Waals surface area contributed by atoms with Crippen molar-refractivity contribution in [1.82, 2.24) is 5.32 Å². The topological polar surface area (TPSA) is 56.8 Å². The molecule has 1 aliphatic heterocycles. The standard InChI is InChI=1S/C20H25NO4S/c1-23-17-13-18(15-7-3-2-4-8-15)26-19(17)20(22)21-10-6-11-24-14-16-9-5-12-25-16/h2-4,7-8,13,16H,5-6,9-12,14H2,1H3,(H,21,22). The summed E-state index contributed by atoms with van der Waals surface area (Å²) in [4.78, 5) is 14.1. The molecule has 3 rings (SSSR count). The molecule has 0 radical (unpaired) electrons. The van der Waals surface area contributed by atoms with Crippen molar-refractivity contribution in [3.05, 3.63) is 41.3 Å². The van der Waals surface area contributed by atoms with Gasteiger partial charge in [-0.2, -0.15) is 0 Å². The predicted molar refractivity (Wildman–Crippen MR) is 103 cm³/mol. The number of carbonyl (C=O) groups is 1. The molecule has 2 heterocycles. The Morgan fingerprint density at radius 2 is 2.19 bits per heavy atom. The maximum atomic E-state index is 12.5. The van der Waals surface area contributed by atoms with Crippen molar-refractivity contribution < 1.29 is 19.0 Å². The van der Waals surface area contributed by atoms with Gasteiger partial charge >= 0.3 is 0 Å². The van der Waals surface area contributed by atoms with Gasteiger partial charge in [0.05, 0.1) is 19.8 Å². The van der Waals surface area contributed by atoms with Crippen LogP contribution in [-0.4, -0.2) is 45.5 Å². The first-order chi connectivity index (χ1) is 12.8. The zero-order chi connectivity index (χ0) is 18.2. The molecule has 0 spiro atoms. The Morgan fingerprint density at radius 1 is 1.35 bits per heavy atom. The van der Waals surface area contributed by atoms with Crippen LogP contribution in [0.5, 0.6) is 5.75 Å². The third-order valence-electron chi connectivity index (χ3n) is 4.26. The van der Waals surface area contributed by atoms with Crippen LogP contribution >= 0.6 is 11.3 Å². The number of thiophene rings is 1. The normalized spacial score (nSPS) is 16.6. The molecule has 2 aromatic rings. The first-order valence-corrected chi connectivity index (χ1v) is 9.80. The van der Waals surface area contributed by atoms with Crippen LogP contribution in [0, 0.1) is 0 Å². The summed E-state index contributed by atoms with van der Waals surface area (Å²) in [5.41, 5.74) is 1.08. The number of hydrogen-bond acceptors (Lipinski definition) is 5. The van der Waals surface area contributed by atoms with E-state index in [0.29, 0.717) is 30.4 Å². The highest BCUT2D eigenvalue weighted by Gasteiger charge is 2.18. The molecule has 26 heavy (non-hydrogen) atoms. The number of amides is 1. The largest absolute Gasteiger partial charge is 0.495 e. The van der Waals surface area contributed by atoms with Crippen molar-refractivity contribution in [3.8, 4) is 16.2 Å². The summed E-state index contributed by atoms with van der Waals surface area (Å²) >= 11 is 1.45. The van der Waals surface area contributed by atoms with E-state index >= 15 is 0 Å². The zero-order valence-electron chi connectivity index (χ0n) is 15.0. The van der Waals surface area contributed by atoms with Crippen molar-refractivity contribution in [3.63, 3.8) is 0 Å². The first kappa shape index (κ1) is 18.9. The predicted octanol–water partition coefficient (Wildman–Crippen LogP) is 3.74. The molecular formula is C20H25NO4S. The van der Waals surface area contributed by atoms with E-state index in [2.05, 4.69) is 5.32 Å².